The van der Waals surface area contributed by atoms with Crippen LogP contribution < -0.4 is 0 Å². The van der Waals surface area contributed by atoms with E-state index in [4.69, 9.17) is 0 Å². The molecule has 0 spiro atoms. The first-order valence-electron chi connectivity index (χ1n) is 12.0. The number of benzene rings is 1. The van der Waals surface area contributed by atoms with E-state index >= 15 is 0 Å². The van der Waals surface area contributed by atoms with E-state index in [2.05, 4.69) is 94.8 Å². The van der Waals surface area contributed by atoms with Gasteiger partial charge in [-0.05, 0) is 86.0 Å². The standard InChI is InChI=1S/C24H33N9/c1-6-20(23-26-28-30-33(23)24(3,4)5)31(19-9-7-8-10-19)15-18-14-17-13-16(2)11-12-21(17)32-22(18)25-27-29-32/h11-14,19-20H,6-10,15H2,1-5H3. The molecule has 0 saturated heterocycles. The molecule has 1 aliphatic carbocycles. The maximum atomic E-state index is 4.52. The Hall–Kier alpha value is -2.94. The molecular formula is C24H33N9. The van der Waals surface area contributed by atoms with Gasteiger partial charge >= 0.3 is 0 Å². The summed E-state index contributed by atoms with van der Waals surface area (Å²) < 4.78 is 3.86. The van der Waals surface area contributed by atoms with Gasteiger partial charge in [0.05, 0.1) is 17.1 Å². The number of aryl methyl sites for hydroxylation is 1. The van der Waals surface area contributed by atoms with Crippen LogP contribution in [0.1, 0.15) is 82.8 Å². The lowest BCUT2D eigenvalue weighted by Gasteiger charge is -2.36. The molecule has 3 heterocycles. The van der Waals surface area contributed by atoms with E-state index in [0.29, 0.717) is 6.04 Å². The van der Waals surface area contributed by atoms with Crippen molar-refractivity contribution < 1.29 is 0 Å². The molecule has 0 N–H and O–H groups in total. The van der Waals surface area contributed by atoms with Crippen LogP contribution in [0.25, 0.3) is 16.6 Å². The van der Waals surface area contributed by atoms with Gasteiger partial charge < -0.3 is 0 Å². The van der Waals surface area contributed by atoms with Crippen molar-refractivity contribution >= 4 is 16.6 Å². The minimum absolute atomic E-state index is 0.117. The predicted molar refractivity (Wildman–Crippen MR) is 127 cm³/mol. The van der Waals surface area contributed by atoms with Crippen molar-refractivity contribution in [3.8, 4) is 0 Å². The first-order chi connectivity index (χ1) is 15.9. The smallest absolute Gasteiger partial charge is 0.184 e. The Morgan fingerprint density at radius 2 is 1.82 bits per heavy atom. The van der Waals surface area contributed by atoms with Crippen LogP contribution in [0.3, 0.4) is 0 Å². The number of hydrogen-bond acceptors (Lipinski definition) is 7. The molecule has 1 unspecified atom stereocenters. The van der Waals surface area contributed by atoms with Crippen molar-refractivity contribution in [1.29, 1.82) is 0 Å². The summed E-state index contributed by atoms with van der Waals surface area (Å²) in [4.78, 5) is 2.60. The van der Waals surface area contributed by atoms with E-state index in [-0.39, 0.29) is 11.6 Å². The van der Waals surface area contributed by atoms with Crippen LogP contribution in [0.2, 0.25) is 0 Å². The van der Waals surface area contributed by atoms with Crippen LogP contribution in [0, 0.1) is 6.92 Å². The van der Waals surface area contributed by atoms with E-state index in [1.807, 2.05) is 9.20 Å². The highest BCUT2D eigenvalue weighted by molar-refractivity contribution is 5.83. The van der Waals surface area contributed by atoms with Crippen LogP contribution in [-0.2, 0) is 12.1 Å². The third-order valence-corrected chi connectivity index (χ3v) is 6.86. The second-order valence-corrected chi connectivity index (χ2v) is 10.3. The predicted octanol–water partition coefficient (Wildman–Crippen LogP) is 4.22. The first kappa shape index (κ1) is 21.9. The van der Waals surface area contributed by atoms with Crippen LogP contribution in [-0.4, -0.2) is 51.2 Å². The highest BCUT2D eigenvalue weighted by Gasteiger charge is 2.34. The highest BCUT2D eigenvalue weighted by Crippen LogP contribution is 2.35. The Morgan fingerprint density at radius 1 is 1.06 bits per heavy atom. The van der Waals surface area contributed by atoms with E-state index < -0.39 is 0 Å². The molecule has 9 nitrogen and oxygen atoms in total. The molecule has 0 bridgehead atoms. The fourth-order valence-electron chi connectivity index (χ4n) is 5.27. The molecule has 9 heteroatoms. The minimum Gasteiger partial charge on any atom is -0.286 e. The number of nitrogens with zero attached hydrogens (tertiary/aromatic N) is 9. The Bertz CT molecular complexity index is 1260. The Labute approximate surface area is 194 Å². The quantitative estimate of drug-likeness (QED) is 0.437. The summed E-state index contributed by atoms with van der Waals surface area (Å²) in [6.07, 6.45) is 5.85. The number of rotatable bonds is 6. The van der Waals surface area contributed by atoms with Crippen molar-refractivity contribution in [1.82, 2.24) is 45.1 Å². The third-order valence-electron chi connectivity index (χ3n) is 6.86. The third kappa shape index (κ3) is 3.99. The van der Waals surface area contributed by atoms with E-state index in [0.717, 1.165) is 40.9 Å². The molecule has 0 radical (unpaired) electrons. The van der Waals surface area contributed by atoms with Crippen LogP contribution in [0.5, 0.6) is 0 Å². The highest BCUT2D eigenvalue weighted by atomic mass is 15.6. The lowest BCUT2D eigenvalue weighted by molar-refractivity contribution is 0.108. The monoisotopic (exact) mass is 447 g/mol. The average molecular weight is 448 g/mol. The molecule has 4 aromatic rings. The lowest BCUT2D eigenvalue weighted by Crippen LogP contribution is -2.39. The largest absolute Gasteiger partial charge is 0.286 e. The summed E-state index contributed by atoms with van der Waals surface area (Å²) in [6.45, 7) is 11.6. The van der Waals surface area contributed by atoms with Crippen LogP contribution >= 0.6 is 0 Å². The van der Waals surface area contributed by atoms with Crippen molar-refractivity contribution in [2.24, 2.45) is 0 Å². The van der Waals surface area contributed by atoms with Crippen molar-refractivity contribution in [3.63, 3.8) is 0 Å². The first-order valence-corrected chi connectivity index (χ1v) is 12.0. The molecule has 0 amide bonds. The van der Waals surface area contributed by atoms with Gasteiger partial charge in [-0.1, -0.05) is 31.4 Å². The molecular weight excluding hydrogens is 414 g/mol. The zero-order valence-corrected chi connectivity index (χ0v) is 20.2. The van der Waals surface area contributed by atoms with Gasteiger partial charge in [-0.2, -0.15) is 4.52 Å². The zero-order valence-electron chi connectivity index (χ0n) is 20.2. The molecule has 1 saturated carbocycles. The van der Waals surface area contributed by atoms with Crippen LogP contribution in [0.15, 0.2) is 24.3 Å². The summed E-state index contributed by atoms with van der Waals surface area (Å²) in [5.74, 6) is 0.934. The van der Waals surface area contributed by atoms with E-state index in [9.17, 15) is 0 Å². The maximum absolute atomic E-state index is 4.52. The van der Waals surface area contributed by atoms with Crippen LogP contribution in [0.4, 0.5) is 0 Å². The summed E-state index contributed by atoms with van der Waals surface area (Å²) in [7, 11) is 0. The Balaban J connectivity index is 1.61. The second kappa shape index (κ2) is 8.44. The molecule has 1 aliphatic rings. The summed E-state index contributed by atoms with van der Waals surface area (Å²) in [5.41, 5.74) is 4.03. The number of tetrazole rings is 2. The molecule has 33 heavy (non-hydrogen) atoms. The van der Waals surface area contributed by atoms with Gasteiger partial charge in [-0.15, -0.1) is 10.2 Å². The molecule has 1 aromatic carbocycles. The molecule has 1 fully saturated rings. The van der Waals surface area contributed by atoms with E-state index in [1.54, 1.807) is 0 Å². The van der Waals surface area contributed by atoms with Gasteiger partial charge in [-0.3, -0.25) is 4.90 Å². The second-order valence-electron chi connectivity index (χ2n) is 10.3. The topological polar surface area (TPSA) is 89.9 Å². The molecule has 5 rings (SSSR count). The lowest BCUT2D eigenvalue weighted by atomic mass is 10.0. The molecule has 174 valence electrons. The van der Waals surface area contributed by atoms with Gasteiger partial charge in [0.2, 0.25) is 0 Å². The van der Waals surface area contributed by atoms with Gasteiger partial charge in [0, 0.05) is 23.5 Å². The van der Waals surface area contributed by atoms with Crippen molar-refractivity contribution in [2.45, 2.75) is 90.9 Å². The number of pyridine rings is 1. The Morgan fingerprint density at radius 3 is 2.55 bits per heavy atom. The van der Waals surface area contributed by atoms with E-state index in [1.165, 1.54) is 31.2 Å². The van der Waals surface area contributed by atoms with Gasteiger partial charge in [0.25, 0.3) is 0 Å². The summed E-state index contributed by atoms with van der Waals surface area (Å²) in [5, 5.41) is 26.8. The van der Waals surface area contributed by atoms with Gasteiger partial charge in [0.15, 0.2) is 11.5 Å². The molecule has 1 atom stereocenters. The SMILES string of the molecule is CCC(c1nnnn1C(C)(C)C)N(Cc1cc2cc(C)ccc2n2nnnc12)C1CCCC1. The fourth-order valence-corrected chi connectivity index (χ4v) is 5.27. The van der Waals surface area contributed by atoms with Gasteiger partial charge in [-0.25, -0.2) is 4.68 Å². The fraction of sp³-hybridized carbons (Fsp3) is 0.583. The van der Waals surface area contributed by atoms with Crippen molar-refractivity contribution in [3.05, 3.63) is 41.2 Å². The number of aromatic nitrogens is 8. The Kier molecular flexibility index (Phi) is 5.60. The molecule has 3 aromatic heterocycles. The average Bonchev–Trinajstić information content (AvgIpc) is 3.54. The number of fused-ring (bicyclic) bond motifs is 3. The minimum atomic E-state index is -0.182. The summed E-state index contributed by atoms with van der Waals surface area (Å²) in [6, 6.07) is 9.27. The van der Waals surface area contributed by atoms with Crippen molar-refractivity contribution in [2.75, 3.05) is 0 Å². The normalized spacial score (nSPS) is 16.4. The maximum Gasteiger partial charge on any atom is 0.184 e. The number of hydrogen-bond donors (Lipinski definition) is 0. The molecule has 0 aliphatic heterocycles. The zero-order chi connectivity index (χ0) is 23.2. The summed E-state index contributed by atoms with van der Waals surface area (Å²) >= 11 is 0. The van der Waals surface area contributed by atoms with Gasteiger partial charge in [0.1, 0.15) is 0 Å².